The van der Waals surface area contributed by atoms with E-state index in [1.165, 1.54) is 0 Å². The Morgan fingerprint density at radius 3 is 2.42 bits per heavy atom. The molecule has 1 aromatic heterocycles. The van der Waals surface area contributed by atoms with Crippen LogP contribution in [0.5, 0.6) is 0 Å². The van der Waals surface area contributed by atoms with Crippen LogP contribution in [0.15, 0.2) is 40.0 Å². The molecule has 3 nitrogen and oxygen atoms in total. The number of rotatable bonds is 3. The molecule has 0 unspecified atom stereocenters. The highest BCUT2D eigenvalue weighted by atomic mass is 32.2. The van der Waals surface area contributed by atoms with Gasteiger partial charge in [0.05, 0.1) is 6.54 Å². The molecule has 1 N–H and O–H groups in total. The van der Waals surface area contributed by atoms with E-state index in [4.69, 9.17) is 0 Å². The Balaban J connectivity index is 2.30. The summed E-state index contributed by atoms with van der Waals surface area (Å²) in [6.07, 6.45) is -2.63. The van der Waals surface area contributed by atoms with Crippen molar-refractivity contribution in [3.63, 3.8) is 0 Å². The van der Waals surface area contributed by atoms with Crippen LogP contribution in [0.4, 0.5) is 13.2 Å². The van der Waals surface area contributed by atoms with Gasteiger partial charge in [0.1, 0.15) is 5.69 Å². The van der Waals surface area contributed by atoms with Gasteiger partial charge in [-0.3, -0.25) is 14.6 Å². The third kappa shape index (κ3) is 3.23. The second-order valence-electron chi connectivity index (χ2n) is 3.94. The Morgan fingerprint density at radius 2 is 1.89 bits per heavy atom. The first-order valence-corrected chi connectivity index (χ1v) is 6.62. The van der Waals surface area contributed by atoms with Crippen LogP contribution in [0.1, 0.15) is 11.3 Å². The number of hydrogen-bond acceptors (Lipinski definition) is 2. The SMILES string of the molecule is CSc1ccc(Cn2[nH]c(=O)cc2C(F)(F)F)cc1. The minimum atomic E-state index is -4.54. The van der Waals surface area contributed by atoms with Crippen molar-refractivity contribution in [2.75, 3.05) is 6.26 Å². The molecule has 0 spiro atoms. The maximum absolute atomic E-state index is 12.7. The lowest BCUT2D eigenvalue weighted by Crippen LogP contribution is -2.15. The van der Waals surface area contributed by atoms with E-state index in [1.54, 1.807) is 23.9 Å². The fourth-order valence-electron chi connectivity index (χ4n) is 1.70. The predicted octanol–water partition coefficient (Wildman–Crippen LogP) is 2.97. The Bertz CT molecular complexity index is 613. The van der Waals surface area contributed by atoms with Crippen molar-refractivity contribution in [3.05, 3.63) is 51.9 Å². The number of H-pyrrole nitrogens is 1. The normalized spacial score (nSPS) is 11.8. The molecule has 102 valence electrons. The molecular formula is C12H11F3N2OS. The van der Waals surface area contributed by atoms with E-state index >= 15 is 0 Å². The fraction of sp³-hybridized carbons (Fsp3) is 0.250. The minimum absolute atomic E-state index is 0.0221. The van der Waals surface area contributed by atoms with Gasteiger partial charge in [0.25, 0.3) is 5.56 Å². The van der Waals surface area contributed by atoms with E-state index in [-0.39, 0.29) is 6.54 Å². The third-order valence-electron chi connectivity index (χ3n) is 2.59. The number of aromatic nitrogens is 2. The first-order chi connectivity index (χ1) is 8.90. The summed E-state index contributed by atoms with van der Waals surface area (Å²) < 4.78 is 38.9. The lowest BCUT2D eigenvalue weighted by molar-refractivity contribution is -0.144. The van der Waals surface area contributed by atoms with Crippen LogP contribution in [-0.2, 0) is 12.7 Å². The van der Waals surface area contributed by atoms with Crippen LogP contribution in [-0.4, -0.2) is 16.0 Å². The summed E-state index contributed by atoms with van der Waals surface area (Å²) in [5.41, 5.74) is -1.03. The van der Waals surface area contributed by atoms with Crippen LogP contribution < -0.4 is 5.56 Å². The van der Waals surface area contributed by atoms with E-state index in [1.807, 2.05) is 18.4 Å². The largest absolute Gasteiger partial charge is 0.433 e. The van der Waals surface area contributed by atoms with Gasteiger partial charge >= 0.3 is 6.18 Å². The molecule has 0 bridgehead atoms. The van der Waals surface area contributed by atoms with Gasteiger partial charge in [0.2, 0.25) is 0 Å². The van der Waals surface area contributed by atoms with Gasteiger partial charge < -0.3 is 0 Å². The van der Waals surface area contributed by atoms with Gasteiger partial charge in [0.15, 0.2) is 0 Å². The highest BCUT2D eigenvalue weighted by Gasteiger charge is 2.35. The molecular weight excluding hydrogens is 277 g/mol. The summed E-state index contributed by atoms with van der Waals surface area (Å²) in [4.78, 5) is 12.1. The van der Waals surface area contributed by atoms with Gasteiger partial charge in [-0.15, -0.1) is 11.8 Å². The monoisotopic (exact) mass is 288 g/mol. The lowest BCUT2D eigenvalue weighted by Gasteiger charge is -2.11. The standard InChI is InChI=1S/C12H11F3N2OS/c1-19-9-4-2-8(3-5-9)7-17-10(12(13,14)15)6-11(18)16-17/h2-6H,7H2,1H3,(H,16,18). The molecule has 1 heterocycles. The number of nitrogens with one attached hydrogen (secondary N) is 1. The zero-order valence-corrected chi connectivity index (χ0v) is 10.8. The first-order valence-electron chi connectivity index (χ1n) is 5.40. The Labute approximate surface area is 111 Å². The zero-order chi connectivity index (χ0) is 14.0. The molecule has 0 saturated carbocycles. The summed E-state index contributed by atoms with van der Waals surface area (Å²) in [5, 5.41) is 2.16. The summed E-state index contributed by atoms with van der Waals surface area (Å²) >= 11 is 1.55. The van der Waals surface area contributed by atoms with Crippen molar-refractivity contribution in [2.45, 2.75) is 17.6 Å². The van der Waals surface area contributed by atoms with Crippen molar-refractivity contribution >= 4 is 11.8 Å². The summed E-state index contributed by atoms with van der Waals surface area (Å²) in [6, 6.07) is 7.70. The molecule has 0 aliphatic carbocycles. The average Bonchev–Trinajstić information content (AvgIpc) is 2.71. The highest BCUT2D eigenvalue weighted by Crippen LogP contribution is 2.28. The lowest BCUT2D eigenvalue weighted by atomic mass is 10.2. The van der Waals surface area contributed by atoms with Gasteiger partial charge in [-0.1, -0.05) is 12.1 Å². The molecule has 0 atom stereocenters. The third-order valence-corrected chi connectivity index (χ3v) is 3.34. The number of aromatic amines is 1. The first kappa shape index (κ1) is 13.8. The van der Waals surface area contributed by atoms with Crippen LogP contribution in [0.25, 0.3) is 0 Å². The van der Waals surface area contributed by atoms with E-state index in [0.717, 1.165) is 9.58 Å². The average molecular weight is 288 g/mol. The number of halogens is 3. The molecule has 0 amide bonds. The van der Waals surface area contributed by atoms with E-state index < -0.39 is 17.4 Å². The maximum Gasteiger partial charge on any atom is 0.433 e. The quantitative estimate of drug-likeness (QED) is 0.882. The van der Waals surface area contributed by atoms with Crippen molar-refractivity contribution < 1.29 is 13.2 Å². The van der Waals surface area contributed by atoms with Gasteiger partial charge in [-0.25, -0.2) is 0 Å². The van der Waals surface area contributed by atoms with Gasteiger partial charge in [-0.05, 0) is 24.0 Å². The number of benzene rings is 1. The molecule has 0 saturated heterocycles. The Hall–Kier alpha value is -1.63. The maximum atomic E-state index is 12.7. The van der Waals surface area contributed by atoms with E-state index in [9.17, 15) is 18.0 Å². The molecule has 0 aliphatic heterocycles. The van der Waals surface area contributed by atoms with E-state index in [2.05, 4.69) is 5.10 Å². The number of alkyl halides is 3. The molecule has 0 radical (unpaired) electrons. The molecule has 0 aliphatic rings. The Kier molecular flexibility index (Phi) is 3.75. The highest BCUT2D eigenvalue weighted by molar-refractivity contribution is 7.98. The molecule has 7 heteroatoms. The van der Waals surface area contributed by atoms with Crippen molar-refractivity contribution in [1.82, 2.24) is 9.78 Å². The summed E-state index contributed by atoms with van der Waals surface area (Å²) in [7, 11) is 0. The molecule has 1 aromatic carbocycles. The molecule has 2 aromatic rings. The van der Waals surface area contributed by atoms with Crippen molar-refractivity contribution in [1.29, 1.82) is 0 Å². The number of nitrogens with zero attached hydrogens (tertiary/aromatic N) is 1. The van der Waals surface area contributed by atoms with Crippen LogP contribution in [0.3, 0.4) is 0 Å². The summed E-state index contributed by atoms with van der Waals surface area (Å²) in [5.74, 6) is 0. The zero-order valence-electron chi connectivity index (χ0n) is 9.99. The Morgan fingerprint density at radius 1 is 1.26 bits per heavy atom. The van der Waals surface area contributed by atoms with Gasteiger partial charge in [0, 0.05) is 11.0 Å². The predicted molar refractivity (Wildman–Crippen MR) is 67.4 cm³/mol. The molecule has 19 heavy (non-hydrogen) atoms. The van der Waals surface area contributed by atoms with Crippen molar-refractivity contribution in [2.24, 2.45) is 0 Å². The van der Waals surface area contributed by atoms with Crippen LogP contribution >= 0.6 is 11.8 Å². The number of thioether (sulfide) groups is 1. The van der Waals surface area contributed by atoms with Gasteiger partial charge in [-0.2, -0.15) is 13.2 Å². The smallest absolute Gasteiger partial charge is 0.276 e. The molecule has 2 rings (SSSR count). The number of hydrogen-bond donors (Lipinski definition) is 1. The van der Waals surface area contributed by atoms with E-state index in [0.29, 0.717) is 11.6 Å². The summed E-state index contributed by atoms with van der Waals surface area (Å²) in [6.45, 7) is -0.0221. The molecule has 0 fully saturated rings. The second kappa shape index (κ2) is 5.16. The topological polar surface area (TPSA) is 37.8 Å². The van der Waals surface area contributed by atoms with Crippen LogP contribution in [0.2, 0.25) is 0 Å². The second-order valence-corrected chi connectivity index (χ2v) is 4.82. The minimum Gasteiger partial charge on any atom is -0.276 e. The van der Waals surface area contributed by atoms with Crippen LogP contribution in [0, 0.1) is 0 Å². The fourth-order valence-corrected chi connectivity index (χ4v) is 2.11. The van der Waals surface area contributed by atoms with Crippen molar-refractivity contribution in [3.8, 4) is 0 Å².